The third-order valence-electron chi connectivity index (χ3n) is 5.37. The van der Waals surface area contributed by atoms with E-state index in [1.54, 1.807) is 7.11 Å². The van der Waals surface area contributed by atoms with Gasteiger partial charge in [-0.05, 0) is 48.4 Å². The molecule has 0 fully saturated rings. The van der Waals surface area contributed by atoms with Gasteiger partial charge in [0, 0.05) is 17.5 Å². The fourth-order valence-corrected chi connectivity index (χ4v) is 5.36. The molecule has 7 nitrogen and oxygen atoms in total. The van der Waals surface area contributed by atoms with E-state index in [9.17, 15) is 4.79 Å². The second-order valence-corrected chi connectivity index (χ2v) is 9.53. The number of hydrogen-bond acceptors (Lipinski definition) is 7. The molecule has 0 unspecified atom stereocenters. The number of aryl methyl sites for hydroxylation is 1. The van der Waals surface area contributed by atoms with Gasteiger partial charge >= 0.3 is 0 Å². The van der Waals surface area contributed by atoms with Gasteiger partial charge in [-0.15, -0.1) is 21.5 Å². The standard InChI is InChI=1S/C24H21N5O2S2/c1-14-6-4-5-7-17(14)22-27-28-24(29(22)2)32-13-20-25-18-12-19(33-21(18)23(30)26-20)15-8-10-16(31-3)11-9-15/h4-12H,13H2,1-3H3,(H,25,26,30). The van der Waals surface area contributed by atoms with E-state index in [1.807, 2.05) is 60.1 Å². The predicted molar refractivity (Wildman–Crippen MR) is 133 cm³/mol. The summed E-state index contributed by atoms with van der Waals surface area (Å²) in [5.74, 6) is 2.70. The van der Waals surface area contributed by atoms with Crippen LogP contribution in [-0.2, 0) is 12.8 Å². The van der Waals surface area contributed by atoms with E-state index < -0.39 is 0 Å². The number of fused-ring (bicyclic) bond motifs is 1. The van der Waals surface area contributed by atoms with Gasteiger partial charge < -0.3 is 14.3 Å². The molecule has 0 aliphatic heterocycles. The van der Waals surface area contributed by atoms with Gasteiger partial charge in [-0.25, -0.2) is 4.98 Å². The molecule has 33 heavy (non-hydrogen) atoms. The summed E-state index contributed by atoms with van der Waals surface area (Å²) in [6, 6.07) is 17.8. The average Bonchev–Trinajstić information content (AvgIpc) is 3.42. The molecule has 0 saturated carbocycles. The summed E-state index contributed by atoms with van der Waals surface area (Å²) in [7, 11) is 3.59. The van der Waals surface area contributed by atoms with E-state index in [0.717, 1.165) is 38.3 Å². The number of thioether (sulfide) groups is 1. The lowest BCUT2D eigenvalue weighted by Gasteiger charge is -2.06. The smallest absolute Gasteiger partial charge is 0.268 e. The van der Waals surface area contributed by atoms with Gasteiger partial charge in [-0.1, -0.05) is 36.0 Å². The highest BCUT2D eigenvalue weighted by atomic mass is 32.2. The first kappa shape index (κ1) is 21.4. The lowest BCUT2D eigenvalue weighted by atomic mass is 10.1. The van der Waals surface area contributed by atoms with Gasteiger partial charge in [-0.3, -0.25) is 4.79 Å². The summed E-state index contributed by atoms with van der Waals surface area (Å²) in [5, 5.41) is 9.47. The Morgan fingerprint density at radius 3 is 2.67 bits per heavy atom. The Labute approximate surface area is 198 Å². The lowest BCUT2D eigenvalue weighted by molar-refractivity contribution is 0.415. The molecule has 0 radical (unpaired) electrons. The normalized spacial score (nSPS) is 11.2. The Hall–Kier alpha value is -3.43. The second kappa shape index (κ2) is 8.84. The van der Waals surface area contributed by atoms with E-state index in [4.69, 9.17) is 9.72 Å². The lowest BCUT2D eigenvalue weighted by Crippen LogP contribution is -2.09. The van der Waals surface area contributed by atoms with Gasteiger partial charge in [0.25, 0.3) is 5.56 Å². The fraction of sp³-hybridized carbons (Fsp3) is 0.167. The highest BCUT2D eigenvalue weighted by Crippen LogP contribution is 2.32. The number of nitrogens with zero attached hydrogens (tertiary/aromatic N) is 4. The number of H-pyrrole nitrogens is 1. The van der Waals surface area contributed by atoms with Gasteiger partial charge in [0.2, 0.25) is 0 Å². The number of methoxy groups -OCH3 is 1. The molecule has 166 valence electrons. The van der Waals surface area contributed by atoms with Gasteiger partial charge in [0.05, 0.1) is 18.4 Å². The van der Waals surface area contributed by atoms with E-state index in [0.29, 0.717) is 21.8 Å². The topological polar surface area (TPSA) is 85.7 Å². The Kier molecular flexibility index (Phi) is 5.74. The zero-order valence-corrected chi connectivity index (χ0v) is 20.0. The van der Waals surface area contributed by atoms with Crippen LogP contribution in [0.4, 0.5) is 0 Å². The highest BCUT2D eigenvalue weighted by molar-refractivity contribution is 7.98. The summed E-state index contributed by atoms with van der Waals surface area (Å²) in [4.78, 5) is 21.3. The molecule has 0 aliphatic rings. The summed E-state index contributed by atoms with van der Waals surface area (Å²) in [6.45, 7) is 2.06. The van der Waals surface area contributed by atoms with Crippen LogP contribution in [0.1, 0.15) is 11.4 Å². The summed E-state index contributed by atoms with van der Waals surface area (Å²) >= 11 is 2.93. The van der Waals surface area contributed by atoms with Crippen LogP contribution in [0.25, 0.3) is 32.0 Å². The van der Waals surface area contributed by atoms with Crippen molar-refractivity contribution in [3.63, 3.8) is 0 Å². The molecule has 0 atom stereocenters. The number of nitrogens with one attached hydrogen (secondary N) is 1. The number of rotatable bonds is 6. The maximum absolute atomic E-state index is 12.7. The van der Waals surface area contributed by atoms with Crippen LogP contribution in [0, 0.1) is 6.92 Å². The maximum atomic E-state index is 12.7. The van der Waals surface area contributed by atoms with Gasteiger partial charge in [-0.2, -0.15) is 0 Å². The third kappa shape index (κ3) is 4.17. The van der Waals surface area contributed by atoms with Gasteiger partial charge in [0.1, 0.15) is 16.3 Å². The van der Waals surface area contributed by atoms with Crippen LogP contribution in [0.15, 0.2) is 64.5 Å². The van der Waals surface area contributed by atoms with Crippen molar-refractivity contribution in [1.29, 1.82) is 0 Å². The van der Waals surface area contributed by atoms with E-state index in [-0.39, 0.29) is 5.56 Å². The molecule has 0 spiro atoms. The average molecular weight is 476 g/mol. The molecule has 0 saturated heterocycles. The first-order chi connectivity index (χ1) is 16.0. The molecular formula is C24H21N5O2S2. The summed E-state index contributed by atoms with van der Waals surface area (Å²) in [5.41, 5.74) is 3.79. The quantitative estimate of drug-likeness (QED) is 0.346. The van der Waals surface area contributed by atoms with Crippen LogP contribution in [0.2, 0.25) is 0 Å². The number of benzene rings is 2. The fourth-order valence-electron chi connectivity index (χ4n) is 3.59. The van der Waals surface area contributed by atoms with Gasteiger partial charge in [0.15, 0.2) is 11.0 Å². The highest BCUT2D eigenvalue weighted by Gasteiger charge is 2.15. The van der Waals surface area contributed by atoms with Crippen LogP contribution < -0.4 is 10.3 Å². The molecule has 0 bridgehead atoms. The molecule has 5 rings (SSSR count). The van der Waals surface area contributed by atoms with Crippen molar-refractivity contribution in [3.05, 3.63) is 76.3 Å². The summed E-state index contributed by atoms with van der Waals surface area (Å²) in [6.07, 6.45) is 0. The van der Waals surface area contributed by atoms with E-state index >= 15 is 0 Å². The SMILES string of the molecule is COc1ccc(-c2cc3nc(CSc4nnc(-c5ccccc5C)n4C)[nH]c(=O)c3s2)cc1. The minimum atomic E-state index is -0.126. The van der Waals surface area contributed by atoms with Crippen molar-refractivity contribution in [2.24, 2.45) is 7.05 Å². The predicted octanol–water partition coefficient (Wildman–Crippen LogP) is 5.06. The zero-order valence-electron chi connectivity index (χ0n) is 18.3. The van der Waals surface area contributed by atoms with Crippen molar-refractivity contribution in [2.75, 3.05) is 7.11 Å². The number of hydrogen-bond donors (Lipinski definition) is 1. The monoisotopic (exact) mass is 475 g/mol. The first-order valence-corrected chi connectivity index (χ1v) is 12.1. The minimum Gasteiger partial charge on any atom is -0.497 e. The van der Waals surface area contributed by atoms with Crippen LogP contribution in [-0.4, -0.2) is 31.8 Å². The Balaban J connectivity index is 1.39. The molecule has 5 aromatic rings. The molecule has 2 aromatic carbocycles. The Bertz CT molecular complexity index is 1500. The molecule has 1 N–H and O–H groups in total. The Morgan fingerprint density at radius 1 is 1.12 bits per heavy atom. The van der Waals surface area contributed by atoms with E-state index in [2.05, 4.69) is 28.2 Å². The largest absolute Gasteiger partial charge is 0.497 e. The number of aromatic nitrogens is 5. The van der Waals surface area contributed by atoms with Crippen molar-refractivity contribution in [2.45, 2.75) is 17.8 Å². The first-order valence-electron chi connectivity index (χ1n) is 10.3. The van der Waals surface area contributed by atoms with Crippen LogP contribution >= 0.6 is 23.1 Å². The molecular weight excluding hydrogens is 454 g/mol. The minimum absolute atomic E-state index is 0.126. The third-order valence-corrected chi connectivity index (χ3v) is 7.57. The zero-order chi connectivity index (χ0) is 22.9. The van der Waals surface area contributed by atoms with Crippen molar-refractivity contribution >= 4 is 33.3 Å². The molecule has 9 heteroatoms. The number of aromatic amines is 1. The number of ether oxygens (including phenoxy) is 1. The summed E-state index contributed by atoms with van der Waals surface area (Å²) < 4.78 is 7.81. The molecule has 0 aliphatic carbocycles. The second-order valence-electron chi connectivity index (χ2n) is 7.53. The molecule has 3 aromatic heterocycles. The Morgan fingerprint density at radius 2 is 1.91 bits per heavy atom. The van der Waals surface area contributed by atoms with Crippen molar-refractivity contribution in [1.82, 2.24) is 24.7 Å². The van der Waals surface area contributed by atoms with Crippen molar-refractivity contribution < 1.29 is 4.74 Å². The molecule has 0 amide bonds. The number of thiophene rings is 1. The van der Waals surface area contributed by atoms with Crippen LogP contribution in [0.3, 0.4) is 0 Å². The molecule has 3 heterocycles. The maximum Gasteiger partial charge on any atom is 0.268 e. The van der Waals surface area contributed by atoms with Crippen molar-refractivity contribution in [3.8, 4) is 27.6 Å². The van der Waals surface area contributed by atoms with Crippen LogP contribution in [0.5, 0.6) is 5.75 Å². The van der Waals surface area contributed by atoms with E-state index in [1.165, 1.54) is 23.1 Å².